The van der Waals surface area contributed by atoms with Gasteiger partial charge < -0.3 is 9.47 Å². The van der Waals surface area contributed by atoms with Crippen LogP contribution < -0.4 is 4.90 Å². The highest BCUT2D eigenvalue weighted by Gasteiger charge is 2.34. The molecule has 2 aliphatic rings. The molecule has 28 heavy (non-hydrogen) atoms. The average molecular weight is 402 g/mol. The van der Waals surface area contributed by atoms with Gasteiger partial charge in [0.25, 0.3) is 0 Å². The van der Waals surface area contributed by atoms with Gasteiger partial charge in [-0.3, -0.25) is 4.79 Å². The lowest BCUT2D eigenvalue weighted by Crippen LogP contribution is -2.35. The van der Waals surface area contributed by atoms with E-state index in [2.05, 4.69) is 0 Å². The first-order valence-corrected chi connectivity index (χ1v) is 11.5. The third kappa shape index (κ3) is 3.49. The summed E-state index contributed by atoms with van der Waals surface area (Å²) in [5.41, 5.74) is 1.81. The highest BCUT2D eigenvalue weighted by molar-refractivity contribution is 7.89. The summed E-state index contributed by atoms with van der Waals surface area (Å²) < 4.78 is 30.7. The summed E-state index contributed by atoms with van der Waals surface area (Å²) in [7, 11) is -1.65. The van der Waals surface area contributed by atoms with Crippen molar-refractivity contribution in [2.24, 2.45) is 7.05 Å². The molecule has 0 aliphatic carbocycles. The normalized spacial score (nSPS) is 21.8. The second-order valence-electron chi connectivity index (χ2n) is 7.67. The van der Waals surface area contributed by atoms with Crippen LogP contribution in [0.2, 0.25) is 0 Å². The molecule has 0 spiro atoms. The molecule has 2 fully saturated rings. The number of sulfonamides is 1. The highest BCUT2D eigenvalue weighted by atomic mass is 32.2. The van der Waals surface area contributed by atoms with E-state index in [-0.39, 0.29) is 11.9 Å². The number of rotatable bonds is 4. The molecular formula is C21H27N3O3S. The van der Waals surface area contributed by atoms with Crippen molar-refractivity contribution in [3.8, 4) is 0 Å². The summed E-state index contributed by atoms with van der Waals surface area (Å²) in [6.07, 6.45) is 7.16. The molecule has 7 heteroatoms. The van der Waals surface area contributed by atoms with Crippen LogP contribution in [0.1, 0.15) is 50.3 Å². The molecule has 2 aromatic rings. The van der Waals surface area contributed by atoms with Crippen molar-refractivity contribution in [1.29, 1.82) is 0 Å². The van der Waals surface area contributed by atoms with Gasteiger partial charge in [-0.05, 0) is 55.7 Å². The van der Waals surface area contributed by atoms with Crippen LogP contribution in [-0.2, 0) is 21.9 Å². The summed E-state index contributed by atoms with van der Waals surface area (Å²) in [6, 6.07) is 10.6. The Morgan fingerprint density at radius 1 is 0.964 bits per heavy atom. The number of aryl methyl sites for hydroxylation is 1. The monoisotopic (exact) mass is 401 g/mol. The largest absolute Gasteiger partial charge is 0.353 e. The molecule has 0 bridgehead atoms. The van der Waals surface area contributed by atoms with Gasteiger partial charge in [0.05, 0.1) is 10.9 Å². The van der Waals surface area contributed by atoms with Crippen LogP contribution in [-0.4, -0.2) is 36.3 Å². The molecule has 1 aromatic carbocycles. The van der Waals surface area contributed by atoms with Crippen LogP contribution in [0.5, 0.6) is 0 Å². The highest BCUT2D eigenvalue weighted by Crippen LogP contribution is 2.35. The molecule has 1 amide bonds. The summed E-state index contributed by atoms with van der Waals surface area (Å²) in [4.78, 5) is 14.0. The third-order valence-corrected chi connectivity index (χ3v) is 7.78. The number of amides is 1. The molecule has 1 unspecified atom stereocenters. The van der Waals surface area contributed by atoms with Crippen molar-refractivity contribution >= 4 is 21.6 Å². The maximum Gasteiger partial charge on any atom is 0.243 e. The van der Waals surface area contributed by atoms with E-state index in [9.17, 15) is 13.2 Å². The molecule has 0 N–H and O–H groups in total. The Kier molecular flexibility index (Phi) is 5.29. The Morgan fingerprint density at radius 3 is 2.39 bits per heavy atom. The van der Waals surface area contributed by atoms with E-state index in [4.69, 9.17) is 0 Å². The van der Waals surface area contributed by atoms with Gasteiger partial charge in [0, 0.05) is 44.1 Å². The number of hydrogen-bond donors (Lipinski definition) is 0. The van der Waals surface area contributed by atoms with Crippen molar-refractivity contribution < 1.29 is 13.2 Å². The van der Waals surface area contributed by atoms with Crippen LogP contribution in [0.25, 0.3) is 0 Å². The summed E-state index contributed by atoms with van der Waals surface area (Å²) in [6.45, 7) is 1.23. The average Bonchev–Trinajstić information content (AvgIpc) is 3.22. The van der Waals surface area contributed by atoms with Gasteiger partial charge in [-0.1, -0.05) is 12.8 Å². The number of carbonyl (C=O) groups excluding carboxylic acids is 1. The van der Waals surface area contributed by atoms with Crippen molar-refractivity contribution in [3.63, 3.8) is 0 Å². The van der Waals surface area contributed by atoms with Crippen LogP contribution in [0.4, 0.5) is 5.69 Å². The number of hydrogen-bond acceptors (Lipinski definition) is 3. The zero-order valence-corrected chi connectivity index (χ0v) is 17.1. The molecule has 0 saturated carbocycles. The first kappa shape index (κ1) is 19.2. The minimum Gasteiger partial charge on any atom is -0.353 e. The summed E-state index contributed by atoms with van der Waals surface area (Å²) in [5.74, 6) is 0.104. The Hall–Kier alpha value is -2.12. The first-order chi connectivity index (χ1) is 13.5. The molecule has 4 rings (SSSR count). The molecule has 6 nitrogen and oxygen atoms in total. The fourth-order valence-corrected chi connectivity index (χ4v) is 6.01. The Bertz CT molecular complexity index is 950. The van der Waals surface area contributed by atoms with Gasteiger partial charge in [-0.15, -0.1) is 0 Å². The van der Waals surface area contributed by atoms with E-state index in [0.29, 0.717) is 24.4 Å². The van der Waals surface area contributed by atoms with Gasteiger partial charge in [0.15, 0.2) is 0 Å². The standard InChI is InChI=1S/C21H27N3O3S/c1-22-14-5-8-19(22)20-7-3-2-4-16-24(20)28(26,27)18-12-10-17(11-13-18)23-15-6-9-21(23)25/h5,8,10-14,20H,2-4,6-7,9,15-16H2,1H3. The fraction of sp³-hybridized carbons (Fsp3) is 0.476. The van der Waals surface area contributed by atoms with E-state index in [1.807, 2.05) is 29.9 Å². The van der Waals surface area contributed by atoms with Crippen molar-refractivity contribution in [2.45, 2.75) is 49.5 Å². The summed E-state index contributed by atoms with van der Waals surface area (Å²) in [5, 5.41) is 0. The van der Waals surface area contributed by atoms with Gasteiger partial charge in [-0.2, -0.15) is 4.31 Å². The maximum atomic E-state index is 13.5. The van der Waals surface area contributed by atoms with Gasteiger partial charge in [0.2, 0.25) is 15.9 Å². The lowest BCUT2D eigenvalue weighted by molar-refractivity contribution is -0.117. The number of nitrogens with zero attached hydrogens (tertiary/aromatic N) is 3. The lowest BCUT2D eigenvalue weighted by Gasteiger charge is -2.30. The smallest absolute Gasteiger partial charge is 0.243 e. The molecule has 1 atom stereocenters. The minimum absolute atomic E-state index is 0.104. The van der Waals surface area contributed by atoms with Crippen LogP contribution in [0, 0.1) is 0 Å². The molecule has 3 heterocycles. The third-order valence-electron chi connectivity index (χ3n) is 5.86. The minimum atomic E-state index is -3.61. The van der Waals surface area contributed by atoms with Crippen molar-refractivity contribution in [1.82, 2.24) is 8.87 Å². The van der Waals surface area contributed by atoms with Gasteiger partial charge in [0.1, 0.15) is 0 Å². The first-order valence-electron chi connectivity index (χ1n) is 10.0. The maximum absolute atomic E-state index is 13.5. The number of carbonyl (C=O) groups is 1. The SMILES string of the molecule is Cn1cccc1C1CCCCCN1S(=O)(=O)c1ccc(N2CCCC2=O)cc1. The predicted molar refractivity (Wildman–Crippen MR) is 109 cm³/mol. The van der Waals surface area contributed by atoms with E-state index < -0.39 is 10.0 Å². The lowest BCUT2D eigenvalue weighted by atomic mass is 10.1. The molecule has 2 aliphatic heterocycles. The fourth-order valence-electron chi connectivity index (χ4n) is 4.34. The quantitative estimate of drug-likeness (QED) is 0.788. The Morgan fingerprint density at radius 2 is 1.75 bits per heavy atom. The predicted octanol–water partition coefficient (Wildman–Crippen LogP) is 3.46. The molecule has 2 saturated heterocycles. The second kappa shape index (κ2) is 7.72. The van der Waals surface area contributed by atoms with Crippen LogP contribution in [0.3, 0.4) is 0 Å². The van der Waals surface area contributed by atoms with E-state index in [1.54, 1.807) is 33.5 Å². The topological polar surface area (TPSA) is 62.6 Å². The zero-order valence-electron chi connectivity index (χ0n) is 16.3. The summed E-state index contributed by atoms with van der Waals surface area (Å²) >= 11 is 0. The molecule has 150 valence electrons. The Balaban J connectivity index is 1.65. The molecule has 0 radical (unpaired) electrons. The molecular weight excluding hydrogens is 374 g/mol. The van der Waals surface area contributed by atoms with Crippen LogP contribution in [0.15, 0.2) is 47.5 Å². The Labute approximate surface area is 166 Å². The molecule has 1 aromatic heterocycles. The zero-order chi connectivity index (χ0) is 19.7. The van der Waals surface area contributed by atoms with Gasteiger partial charge in [-0.25, -0.2) is 8.42 Å². The number of benzene rings is 1. The second-order valence-corrected chi connectivity index (χ2v) is 9.56. The van der Waals surface area contributed by atoms with E-state index >= 15 is 0 Å². The van der Waals surface area contributed by atoms with E-state index in [1.165, 1.54) is 0 Å². The van der Waals surface area contributed by atoms with E-state index in [0.717, 1.165) is 43.5 Å². The van der Waals surface area contributed by atoms with Gasteiger partial charge >= 0.3 is 0 Å². The number of aromatic nitrogens is 1. The van der Waals surface area contributed by atoms with Crippen LogP contribution >= 0.6 is 0 Å². The number of anilines is 1. The van der Waals surface area contributed by atoms with Crippen molar-refractivity contribution in [2.75, 3.05) is 18.0 Å². The van der Waals surface area contributed by atoms with Crippen molar-refractivity contribution in [3.05, 3.63) is 48.3 Å².